The third kappa shape index (κ3) is 0.956. The van der Waals surface area contributed by atoms with Gasteiger partial charge < -0.3 is 0 Å². The lowest BCUT2D eigenvalue weighted by molar-refractivity contribution is 1.20. The second kappa shape index (κ2) is 2.37. The van der Waals surface area contributed by atoms with Crippen LogP contribution in [0.1, 0.15) is 13.3 Å². The van der Waals surface area contributed by atoms with Gasteiger partial charge in [-0.25, -0.2) is 0 Å². The summed E-state index contributed by atoms with van der Waals surface area (Å²) >= 11 is -0.348. The zero-order valence-electron chi connectivity index (χ0n) is 4.96. The second-order valence-electron chi connectivity index (χ2n) is 1.76. The highest BCUT2D eigenvalue weighted by atomic mass is 32.2. The summed E-state index contributed by atoms with van der Waals surface area (Å²) in [6, 6.07) is 0. The molecule has 0 fully saturated rings. The molecular weight excluding hydrogens is 118 g/mol. The van der Waals surface area contributed by atoms with Gasteiger partial charge >= 0.3 is 0 Å². The predicted molar refractivity (Wildman–Crippen MR) is 40.7 cm³/mol. The number of allylic oxidation sites excluding steroid dienone is 3. The molecule has 0 saturated heterocycles. The number of hydrogen-bond donors (Lipinski definition) is 2. The van der Waals surface area contributed by atoms with Gasteiger partial charge in [-0.15, -0.1) is 0 Å². The molecule has 2 N–H and O–H groups in total. The van der Waals surface area contributed by atoms with E-state index in [1.807, 2.05) is 6.08 Å². The minimum absolute atomic E-state index is 0.348. The van der Waals surface area contributed by atoms with Gasteiger partial charge in [-0.1, -0.05) is 19.1 Å². The van der Waals surface area contributed by atoms with Crippen molar-refractivity contribution in [2.45, 2.75) is 13.3 Å². The van der Waals surface area contributed by atoms with Crippen molar-refractivity contribution in [3.8, 4) is 0 Å². The van der Waals surface area contributed by atoms with E-state index in [2.05, 4.69) is 18.4 Å². The molecule has 1 aliphatic heterocycles. The summed E-state index contributed by atoms with van der Waals surface area (Å²) < 4.78 is 0. The molecule has 0 aromatic carbocycles. The normalized spacial score (nSPS) is 30.8. The number of thiol groups is 1. The molecular formula is C6H11NS. The van der Waals surface area contributed by atoms with E-state index in [-0.39, 0.29) is 11.1 Å². The first-order valence-electron chi connectivity index (χ1n) is 2.76. The van der Waals surface area contributed by atoms with Crippen molar-refractivity contribution < 1.29 is 0 Å². The molecule has 0 aromatic heterocycles. The Kier molecular flexibility index (Phi) is 1.76. The van der Waals surface area contributed by atoms with Crippen LogP contribution in [0, 0.1) is 0 Å². The summed E-state index contributed by atoms with van der Waals surface area (Å²) in [5.74, 6) is 0. The van der Waals surface area contributed by atoms with Gasteiger partial charge in [0.2, 0.25) is 0 Å². The van der Waals surface area contributed by atoms with Crippen LogP contribution < -0.4 is 5.14 Å². The average Bonchev–Trinajstić information content (AvgIpc) is 2.14. The van der Waals surface area contributed by atoms with E-state index >= 15 is 0 Å². The first kappa shape index (κ1) is 5.92. The summed E-state index contributed by atoms with van der Waals surface area (Å²) in [5, 5.41) is 7.78. The first-order valence-corrected chi connectivity index (χ1v) is 4.24. The Morgan fingerprint density at radius 3 is 2.75 bits per heavy atom. The van der Waals surface area contributed by atoms with Gasteiger partial charge in [0.05, 0.1) is 0 Å². The van der Waals surface area contributed by atoms with Crippen LogP contribution in [0.4, 0.5) is 0 Å². The Morgan fingerprint density at radius 1 is 1.75 bits per heavy atom. The maximum atomic E-state index is 5.70. The molecule has 0 bridgehead atoms. The number of rotatable bonds is 1. The van der Waals surface area contributed by atoms with Crippen molar-refractivity contribution in [3.63, 3.8) is 0 Å². The van der Waals surface area contributed by atoms with Crippen LogP contribution in [-0.4, -0.2) is 0 Å². The highest BCUT2D eigenvalue weighted by Crippen LogP contribution is 2.35. The van der Waals surface area contributed by atoms with Crippen molar-refractivity contribution in [2.24, 2.45) is 5.14 Å². The SMILES string of the molecule is CCC1=CC=C[SH]1N. The van der Waals surface area contributed by atoms with Gasteiger partial charge in [-0.05, 0) is 16.7 Å². The molecule has 1 atom stereocenters. The fraction of sp³-hybridized carbons (Fsp3) is 0.333. The first-order chi connectivity index (χ1) is 3.84. The Hall–Kier alpha value is -0.210. The zero-order chi connectivity index (χ0) is 5.98. The van der Waals surface area contributed by atoms with E-state index in [9.17, 15) is 0 Å². The molecule has 0 amide bonds. The van der Waals surface area contributed by atoms with Gasteiger partial charge in [-0.3, -0.25) is 5.14 Å². The van der Waals surface area contributed by atoms with Crippen molar-refractivity contribution in [1.82, 2.24) is 0 Å². The van der Waals surface area contributed by atoms with Gasteiger partial charge in [0, 0.05) is 0 Å². The predicted octanol–water partition coefficient (Wildman–Crippen LogP) is 1.68. The monoisotopic (exact) mass is 129 g/mol. The van der Waals surface area contributed by atoms with Gasteiger partial charge in [0.15, 0.2) is 0 Å². The molecule has 1 heterocycles. The lowest BCUT2D eigenvalue weighted by Crippen LogP contribution is -1.88. The average molecular weight is 129 g/mol. The minimum Gasteiger partial charge on any atom is -0.290 e. The standard InChI is InChI=1S/C6H11NS/c1-2-6-4-3-5-8(6)7/h3-5,8H,2,7H2,1H3. The molecule has 0 spiro atoms. The topological polar surface area (TPSA) is 26.0 Å². The highest BCUT2D eigenvalue weighted by molar-refractivity contribution is 8.21. The molecule has 1 rings (SSSR count). The lowest BCUT2D eigenvalue weighted by atomic mass is 10.4. The molecule has 1 unspecified atom stereocenters. The summed E-state index contributed by atoms with van der Waals surface area (Å²) in [6.45, 7) is 2.14. The lowest BCUT2D eigenvalue weighted by Gasteiger charge is -2.07. The maximum absolute atomic E-state index is 5.70. The van der Waals surface area contributed by atoms with Crippen molar-refractivity contribution in [1.29, 1.82) is 0 Å². The van der Waals surface area contributed by atoms with Crippen LogP contribution in [-0.2, 0) is 0 Å². The summed E-state index contributed by atoms with van der Waals surface area (Å²) in [5.41, 5.74) is 0. The van der Waals surface area contributed by atoms with Crippen LogP contribution in [0.25, 0.3) is 0 Å². The van der Waals surface area contributed by atoms with E-state index < -0.39 is 0 Å². The Bertz CT molecular complexity index is 137. The summed E-state index contributed by atoms with van der Waals surface area (Å²) in [6.07, 6.45) is 5.27. The van der Waals surface area contributed by atoms with Crippen LogP contribution >= 0.6 is 11.1 Å². The van der Waals surface area contributed by atoms with E-state index in [0.717, 1.165) is 6.42 Å². The molecule has 0 aliphatic carbocycles. The molecule has 0 saturated carbocycles. The molecule has 1 aliphatic rings. The largest absolute Gasteiger partial charge is 0.290 e. The molecule has 0 radical (unpaired) electrons. The van der Waals surface area contributed by atoms with E-state index in [0.29, 0.717) is 0 Å². The fourth-order valence-corrected chi connectivity index (χ4v) is 1.82. The van der Waals surface area contributed by atoms with Crippen molar-refractivity contribution in [3.05, 3.63) is 22.5 Å². The fourth-order valence-electron chi connectivity index (χ4n) is 0.729. The Labute approximate surface area is 52.7 Å². The third-order valence-electron chi connectivity index (χ3n) is 1.23. The Balaban J connectivity index is 2.59. The van der Waals surface area contributed by atoms with Crippen LogP contribution in [0.3, 0.4) is 0 Å². The van der Waals surface area contributed by atoms with E-state index in [4.69, 9.17) is 5.14 Å². The summed E-state index contributed by atoms with van der Waals surface area (Å²) in [4.78, 5) is 1.40. The molecule has 46 valence electrons. The van der Waals surface area contributed by atoms with Crippen LogP contribution in [0.5, 0.6) is 0 Å². The highest BCUT2D eigenvalue weighted by Gasteiger charge is 2.01. The van der Waals surface area contributed by atoms with Gasteiger partial charge in [0.1, 0.15) is 0 Å². The number of nitrogens with two attached hydrogens (primary N) is 1. The maximum Gasteiger partial charge on any atom is -0.0197 e. The van der Waals surface area contributed by atoms with Crippen LogP contribution in [0.2, 0.25) is 0 Å². The Morgan fingerprint density at radius 2 is 2.50 bits per heavy atom. The third-order valence-corrected chi connectivity index (χ3v) is 2.85. The molecule has 1 nitrogen and oxygen atoms in total. The molecule has 0 aromatic rings. The van der Waals surface area contributed by atoms with E-state index in [1.165, 1.54) is 4.91 Å². The summed E-state index contributed by atoms with van der Waals surface area (Å²) in [7, 11) is 0. The zero-order valence-corrected chi connectivity index (χ0v) is 5.86. The molecule has 2 heteroatoms. The van der Waals surface area contributed by atoms with E-state index in [1.54, 1.807) is 0 Å². The van der Waals surface area contributed by atoms with Crippen molar-refractivity contribution >= 4 is 11.1 Å². The quantitative estimate of drug-likeness (QED) is 0.518. The smallest absolute Gasteiger partial charge is 0.0197 e. The minimum atomic E-state index is -0.348. The second-order valence-corrected chi connectivity index (χ2v) is 3.45. The molecule has 8 heavy (non-hydrogen) atoms. The van der Waals surface area contributed by atoms with Crippen LogP contribution in [0.15, 0.2) is 22.5 Å². The van der Waals surface area contributed by atoms with Gasteiger partial charge in [-0.2, -0.15) is 11.1 Å². The number of hydrogen-bond acceptors (Lipinski definition) is 1. The van der Waals surface area contributed by atoms with Gasteiger partial charge in [0.25, 0.3) is 0 Å². The van der Waals surface area contributed by atoms with Crippen molar-refractivity contribution in [2.75, 3.05) is 0 Å².